The molecule has 1 aliphatic carbocycles. The first-order valence-electron chi connectivity index (χ1n) is 8.80. The summed E-state index contributed by atoms with van der Waals surface area (Å²) < 4.78 is 18.9. The van der Waals surface area contributed by atoms with Crippen LogP contribution in [0.2, 0.25) is 0 Å². The van der Waals surface area contributed by atoms with Crippen molar-refractivity contribution in [2.24, 2.45) is 5.92 Å². The highest BCUT2D eigenvalue weighted by molar-refractivity contribution is 5.79. The summed E-state index contributed by atoms with van der Waals surface area (Å²) in [5.41, 5.74) is 0.800. The van der Waals surface area contributed by atoms with E-state index in [1.165, 1.54) is 12.1 Å². The molecule has 1 aromatic heterocycles. The van der Waals surface area contributed by atoms with Crippen LogP contribution in [0.15, 0.2) is 48.7 Å². The first kappa shape index (κ1) is 16.1. The van der Waals surface area contributed by atoms with Crippen LogP contribution in [0.4, 0.5) is 4.39 Å². The van der Waals surface area contributed by atoms with Gasteiger partial charge in [-0.25, -0.2) is 4.39 Å². The highest BCUT2D eigenvalue weighted by Crippen LogP contribution is 2.42. The maximum atomic E-state index is 13.0. The Morgan fingerprint density at radius 2 is 2.04 bits per heavy atom. The molecule has 1 aliphatic heterocycles. The van der Waals surface area contributed by atoms with Crippen LogP contribution >= 0.6 is 0 Å². The van der Waals surface area contributed by atoms with Crippen LogP contribution in [0, 0.1) is 11.7 Å². The quantitative estimate of drug-likeness (QED) is 0.839. The van der Waals surface area contributed by atoms with E-state index in [0.29, 0.717) is 30.7 Å². The second kappa shape index (κ2) is 6.82. The van der Waals surface area contributed by atoms with Gasteiger partial charge in [0.1, 0.15) is 18.2 Å². The predicted octanol–water partition coefficient (Wildman–Crippen LogP) is 3.22. The molecule has 0 unspecified atom stereocenters. The molecule has 5 heteroatoms. The maximum Gasteiger partial charge on any atom is 0.229 e. The fraction of sp³-hybridized carbons (Fsp3) is 0.400. The Bertz CT molecular complexity index is 735. The number of likely N-dealkylation sites (tertiary alicyclic amines) is 1. The summed E-state index contributed by atoms with van der Waals surface area (Å²) in [5.74, 6) is 0.984. The number of halogens is 1. The van der Waals surface area contributed by atoms with Crippen LogP contribution in [0.1, 0.15) is 25.0 Å². The van der Waals surface area contributed by atoms with Crippen molar-refractivity contribution < 1.29 is 13.9 Å². The molecule has 1 saturated carbocycles. The number of piperidine rings is 1. The number of aromatic nitrogens is 1. The molecule has 4 rings (SSSR count). The maximum absolute atomic E-state index is 13.0. The number of ether oxygens (including phenoxy) is 1. The number of hydrogen-bond acceptors (Lipinski definition) is 3. The van der Waals surface area contributed by atoms with Gasteiger partial charge in [0.15, 0.2) is 0 Å². The second-order valence-corrected chi connectivity index (χ2v) is 6.86. The zero-order valence-corrected chi connectivity index (χ0v) is 14.0. The van der Waals surface area contributed by atoms with Gasteiger partial charge in [0.05, 0.1) is 12.5 Å². The van der Waals surface area contributed by atoms with Gasteiger partial charge >= 0.3 is 0 Å². The van der Waals surface area contributed by atoms with E-state index >= 15 is 0 Å². The number of pyridine rings is 1. The van der Waals surface area contributed by atoms with E-state index in [1.807, 2.05) is 23.1 Å². The van der Waals surface area contributed by atoms with Crippen molar-refractivity contribution in [3.05, 3.63) is 60.2 Å². The van der Waals surface area contributed by atoms with E-state index in [-0.39, 0.29) is 17.8 Å². The Balaban J connectivity index is 1.44. The third-order valence-electron chi connectivity index (χ3n) is 5.32. The molecule has 2 aliphatic rings. The molecule has 3 atom stereocenters. The van der Waals surface area contributed by atoms with Gasteiger partial charge in [-0.2, -0.15) is 0 Å². The largest absolute Gasteiger partial charge is 0.491 e. The Labute approximate surface area is 146 Å². The molecule has 1 amide bonds. The van der Waals surface area contributed by atoms with Crippen molar-refractivity contribution in [2.45, 2.75) is 37.8 Å². The predicted molar refractivity (Wildman–Crippen MR) is 91.6 cm³/mol. The number of carbonyl (C=O) groups excluding carboxylic acids is 1. The van der Waals surface area contributed by atoms with E-state index in [4.69, 9.17) is 4.74 Å². The molecular weight excluding hydrogens is 319 g/mol. The second-order valence-electron chi connectivity index (χ2n) is 6.86. The summed E-state index contributed by atoms with van der Waals surface area (Å²) in [6.07, 6.45) is 5.33. The highest BCUT2D eigenvalue weighted by Gasteiger charge is 2.48. The Hall–Kier alpha value is -2.43. The zero-order chi connectivity index (χ0) is 17.2. The van der Waals surface area contributed by atoms with E-state index in [1.54, 1.807) is 18.3 Å². The SMILES string of the molecule is O=C(Cc1ccccn1)N1[C@H]2CC[C@@H](C2)[C@H]1COc1ccc(F)cc1. The van der Waals surface area contributed by atoms with E-state index in [2.05, 4.69) is 4.98 Å². The van der Waals surface area contributed by atoms with Crippen molar-refractivity contribution in [3.63, 3.8) is 0 Å². The van der Waals surface area contributed by atoms with Crippen molar-refractivity contribution in [1.82, 2.24) is 9.88 Å². The van der Waals surface area contributed by atoms with Gasteiger partial charge in [0.2, 0.25) is 5.91 Å². The van der Waals surface area contributed by atoms with Crippen LogP contribution < -0.4 is 4.74 Å². The number of hydrogen-bond donors (Lipinski definition) is 0. The number of amides is 1. The van der Waals surface area contributed by atoms with Gasteiger partial charge in [-0.1, -0.05) is 6.07 Å². The van der Waals surface area contributed by atoms with E-state index < -0.39 is 0 Å². The first-order chi connectivity index (χ1) is 12.2. The lowest BCUT2D eigenvalue weighted by Crippen LogP contribution is -2.48. The molecule has 4 nitrogen and oxygen atoms in total. The van der Waals surface area contributed by atoms with Gasteiger partial charge < -0.3 is 9.64 Å². The number of rotatable bonds is 5. The molecule has 25 heavy (non-hydrogen) atoms. The lowest BCUT2D eigenvalue weighted by atomic mass is 9.99. The summed E-state index contributed by atoms with van der Waals surface area (Å²) in [7, 11) is 0. The van der Waals surface area contributed by atoms with Gasteiger partial charge in [-0.3, -0.25) is 9.78 Å². The minimum absolute atomic E-state index is 0.0972. The van der Waals surface area contributed by atoms with E-state index in [9.17, 15) is 9.18 Å². The number of fused-ring (bicyclic) bond motifs is 2. The summed E-state index contributed by atoms with van der Waals surface area (Å²) in [6.45, 7) is 0.459. The van der Waals surface area contributed by atoms with Crippen LogP contribution in [0.3, 0.4) is 0 Å². The molecule has 130 valence electrons. The van der Waals surface area contributed by atoms with Gasteiger partial charge in [-0.15, -0.1) is 0 Å². The van der Waals surface area contributed by atoms with Crippen molar-refractivity contribution in [3.8, 4) is 5.75 Å². The minimum atomic E-state index is -0.278. The molecule has 1 aromatic carbocycles. The summed E-state index contributed by atoms with van der Waals surface area (Å²) in [5, 5.41) is 0. The Kier molecular flexibility index (Phi) is 4.38. The third-order valence-corrected chi connectivity index (χ3v) is 5.32. The van der Waals surface area contributed by atoms with Crippen LogP contribution in [0.5, 0.6) is 5.75 Å². The molecule has 2 heterocycles. The lowest BCUT2D eigenvalue weighted by Gasteiger charge is -2.35. The number of benzene rings is 1. The fourth-order valence-electron chi connectivity index (χ4n) is 4.16. The smallest absolute Gasteiger partial charge is 0.229 e. The van der Waals surface area contributed by atoms with Crippen LogP contribution in [-0.4, -0.2) is 34.5 Å². The Morgan fingerprint density at radius 1 is 1.20 bits per heavy atom. The van der Waals surface area contributed by atoms with Gasteiger partial charge in [0.25, 0.3) is 0 Å². The number of nitrogens with zero attached hydrogens (tertiary/aromatic N) is 2. The number of carbonyl (C=O) groups is 1. The molecular formula is C20H21FN2O2. The van der Waals surface area contributed by atoms with Gasteiger partial charge in [0, 0.05) is 17.9 Å². The molecule has 2 fully saturated rings. The molecule has 2 aromatic rings. The van der Waals surface area contributed by atoms with Gasteiger partial charge in [-0.05, 0) is 61.6 Å². The molecule has 2 bridgehead atoms. The average molecular weight is 340 g/mol. The van der Waals surface area contributed by atoms with Crippen LogP contribution in [0.25, 0.3) is 0 Å². The van der Waals surface area contributed by atoms with Crippen LogP contribution in [-0.2, 0) is 11.2 Å². The first-order valence-corrected chi connectivity index (χ1v) is 8.80. The van der Waals surface area contributed by atoms with Crippen molar-refractivity contribution >= 4 is 5.91 Å². The molecule has 0 N–H and O–H groups in total. The molecule has 0 radical (unpaired) electrons. The monoisotopic (exact) mass is 340 g/mol. The standard InChI is InChI=1S/C20H21FN2O2/c21-15-5-8-18(9-6-15)25-13-19-14-4-7-17(11-14)23(19)20(24)12-16-3-1-2-10-22-16/h1-3,5-6,8-10,14,17,19H,4,7,11-13H2/t14-,17-,19+/m0/s1. The minimum Gasteiger partial charge on any atom is -0.491 e. The average Bonchev–Trinajstić information content (AvgIpc) is 3.23. The molecule has 0 spiro atoms. The van der Waals surface area contributed by atoms with E-state index in [0.717, 1.165) is 25.0 Å². The fourth-order valence-corrected chi connectivity index (χ4v) is 4.16. The highest BCUT2D eigenvalue weighted by atomic mass is 19.1. The normalized spacial score (nSPS) is 24.5. The summed E-state index contributed by atoms with van der Waals surface area (Å²) in [6, 6.07) is 12.1. The summed E-state index contributed by atoms with van der Waals surface area (Å²) >= 11 is 0. The lowest BCUT2D eigenvalue weighted by molar-refractivity contribution is -0.135. The molecule has 1 saturated heterocycles. The topological polar surface area (TPSA) is 42.4 Å². The van der Waals surface area contributed by atoms with Crippen molar-refractivity contribution in [1.29, 1.82) is 0 Å². The summed E-state index contributed by atoms with van der Waals surface area (Å²) in [4.78, 5) is 19.1. The van der Waals surface area contributed by atoms with Crippen molar-refractivity contribution in [2.75, 3.05) is 6.61 Å². The zero-order valence-electron chi connectivity index (χ0n) is 14.0. The third kappa shape index (κ3) is 3.36. The Morgan fingerprint density at radius 3 is 2.80 bits per heavy atom.